The fourth-order valence-electron chi connectivity index (χ4n) is 1.91. The van der Waals surface area contributed by atoms with Crippen molar-refractivity contribution < 1.29 is 9.47 Å². The summed E-state index contributed by atoms with van der Waals surface area (Å²) in [4.78, 5) is 17.0. The average Bonchev–Trinajstić information content (AvgIpc) is 2.49. The number of aromatic nitrogens is 3. The molecule has 18 heavy (non-hydrogen) atoms. The Morgan fingerprint density at radius 1 is 1.00 bits per heavy atom. The van der Waals surface area contributed by atoms with Crippen molar-refractivity contribution in [3.63, 3.8) is 0 Å². The maximum atomic E-state index is 5.32. The van der Waals surface area contributed by atoms with Gasteiger partial charge in [-0.2, -0.15) is 4.98 Å². The van der Waals surface area contributed by atoms with Gasteiger partial charge in [-0.3, -0.25) is 0 Å². The number of hydrogen-bond donors (Lipinski definition) is 0. The molecular weight excluding hydrogens is 234 g/mol. The van der Waals surface area contributed by atoms with Crippen molar-refractivity contribution in [1.29, 1.82) is 0 Å². The SMILES string of the molecule is C1=CN(c2ncnc(N3CCOCC3)n2)CCO1. The number of anilines is 2. The zero-order valence-corrected chi connectivity index (χ0v) is 10.0. The van der Waals surface area contributed by atoms with Crippen molar-refractivity contribution in [2.75, 3.05) is 49.3 Å². The van der Waals surface area contributed by atoms with Gasteiger partial charge in [0.1, 0.15) is 12.9 Å². The molecule has 0 spiro atoms. The zero-order chi connectivity index (χ0) is 12.2. The van der Waals surface area contributed by atoms with E-state index in [2.05, 4.69) is 19.9 Å². The fraction of sp³-hybridized carbons (Fsp3) is 0.545. The van der Waals surface area contributed by atoms with Crippen molar-refractivity contribution in [2.45, 2.75) is 0 Å². The first-order valence-electron chi connectivity index (χ1n) is 6.00. The molecule has 3 rings (SSSR count). The van der Waals surface area contributed by atoms with Gasteiger partial charge in [0.2, 0.25) is 11.9 Å². The lowest BCUT2D eigenvalue weighted by atomic mass is 10.4. The molecule has 0 aliphatic carbocycles. The van der Waals surface area contributed by atoms with Crippen molar-refractivity contribution in [1.82, 2.24) is 15.0 Å². The molecule has 2 aliphatic rings. The minimum absolute atomic E-state index is 0.648. The van der Waals surface area contributed by atoms with Crippen molar-refractivity contribution in [2.24, 2.45) is 0 Å². The van der Waals surface area contributed by atoms with Gasteiger partial charge in [0.05, 0.1) is 26.0 Å². The summed E-state index contributed by atoms with van der Waals surface area (Å²) in [6.07, 6.45) is 5.04. The monoisotopic (exact) mass is 249 g/mol. The summed E-state index contributed by atoms with van der Waals surface area (Å²) in [5.74, 6) is 1.37. The van der Waals surface area contributed by atoms with E-state index in [1.165, 1.54) is 0 Å². The third-order valence-electron chi connectivity index (χ3n) is 2.88. The first-order valence-corrected chi connectivity index (χ1v) is 6.00. The first-order chi connectivity index (χ1) is 8.93. The molecule has 0 bridgehead atoms. The molecule has 0 N–H and O–H groups in total. The van der Waals surface area contributed by atoms with Crippen molar-refractivity contribution in [3.05, 3.63) is 18.8 Å². The molecule has 0 radical (unpaired) electrons. The highest BCUT2D eigenvalue weighted by Gasteiger charge is 2.16. The van der Waals surface area contributed by atoms with Crippen LogP contribution in [0.4, 0.5) is 11.9 Å². The van der Waals surface area contributed by atoms with E-state index in [1.807, 2.05) is 11.1 Å². The Morgan fingerprint density at radius 2 is 1.83 bits per heavy atom. The summed E-state index contributed by atoms with van der Waals surface area (Å²) in [6, 6.07) is 0. The van der Waals surface area contributed by atoms with Crippen LogP contribution >= 0.6 is 0 Å². The Hall–Kier alpha value is -1.89. The highest BCUT2D eigenvalue weighted by Crippen LogP contribution is 2.14. The molecule has 2 aliphatic heterocycles. The van der Waals surface area contributed by atoms with Crippen LogP contribution in [0.1, 0.15) is 0 Å². The predicted molar refractivity (Wildman–Crippen MR) is 65.3 cm³/mol. The maximum Gasteiger partial charge on any atom is 0.234 e. The summed E-state index contributed by atoms with van der Waals surface area (Å²) in [5, 5.41) is 0. The molecule has 7 heteroatoms. The van der Waals surface area contributed by atoms with E-state index in [0.717, 1.165) is 32.8 Å². The van der Waals surface area contributed by atoms with E-state index < -0.39 is 0 Å². The van der Waals surface area contributed by atoms with Crippen molar-refractivity contribution >= 4 is 11.9 Å². The molecule has 1 saturated heterocycles. The van der Waals surface area contributed by atoms with E-state index >= 15 is 0 Å². The van der Waals surface area contributed by atoms with E-state index in [-0.39, 0.29) is 0 Å². The highest BCUT2D eigenvalue weighted by atomic mass is 16.5. The van der Waals surface area contributed by atoms with Crippen LogP contribution in [0.5, 0.6) is 0 Å². The van der Waals surface area contributed by atoms with Crippen molar-refractivity contribution in [3.8, 4) is 0 Å². The van der Waals surface area contributed by atoms with Crippen LogP contribution in [0, 0.1) is 0 Å². The van der Waals surface area contributed by atoms with Gasteiger partial charge in [0.15, 0.2) is 0 Å². The van der Waals surface area contributed by atoms with Gasteiger partial charge < -0.3 is 19.3 Å². The zero-order valence-electron chi connectivity index (χ0n) is 10.0. The maximum absolute atomic E-state index is 5.32. The standard InChI is InChI=1S/C11H15N5O2/c1-5-17-6-2-15(1)10-12-9-13-11(14-10)16-3-7-18-8-4-16/h1,5,9H,2-4,6-8H2. The van der Waals surface area contributed by atoms with Gasteiger partial charge in [0, 0.05) is 19.3 Å². The van der Waals surface area contributed by atoms with Gasteiger partial charge in [0.25, 0.3) is 0 Å². The lowest BCUT2D eigenvalue weighted by Gasteiger charge is -2.27. The van der Waals surface area contributed by atoms with E-state index in [4.69, 9.17) is 9.47 Å². The van der Waals surface area contributed by atoms with Crippen LogP contribution in [0.15, 0.2) is 18.8 Å². The lowest BCUT2D eigenvalue weighted by molar-refractivity contribution is 0.122. The summed E-state index contributed by atoms with van der Waals surface area (Å²) < 4.78 is 10.5. The summed E-state index contributed by atoms with van der Waals surface area (Å²) in [7, 11) is 0. The van der Waals surface area contributed by atoms with Crippen LogP contribution in [0.25, 0.3) is 0 Å². The number of ether oxygens (including phenoxy) is 2. The number of hydrogen-bond acceptors (Lipinski definition) is 7. The molecule has 0 aromatic carbocycles. The molecule has 1 fully saturated rings. The Kier molecular flexibility index (Phi) is 3.22. The largest absolute Gasteiger partial charge is 0.498 e. The molecule has 96 valence electrons. The Labute approximate surface area is 105 Å². The fourth-order valence-corrected chi connectivity index (χ4v) is 1.91. The highest BCUT2D eigenvalue weighted by molar-refractivity contribution is 5.40. The smallest absolute Gasteiger partial charge is 0.234 e. The Balaban J connectivity index is 1.79. The average molecular weight is 249 g/mol. The summed E-state index contributed by atoms with van der Waals surface area (Å²) in [5.41, 5.74) is 0. The summed E-state index contributed by atoms with van der Waals surface area (Å²) >= 11 is 0. The molecule has 0 atom stereocenters. The molecule has 0 unspecified atom stereocenters. The van der Waals surface area contributed by atoms with Gasteiger partial charge >= 0.3 is 0 Å². The minimum Gasteiger partial charge on any atom is -0.498 e. The van der Waals surface area contributed by atoms with Gasteiger partial charge in [-0.25, -0.2) is 9.97 Å². The third kappa shape index (κ3) is 2.35. The quantitative estimate of drug-likeness (QED) is 0.732. The first kappa shape index (κ1) is 11.2. The summed E-state index contributed by atoms with van der Waals surface area (Å²) in [6.45, 7) is 4.49. The molecular formula is C11H15N5O2. The third-order valence-corrected chi connectivity index (χ3v) is 2.88. The van der Waals surface area contributed by atoms with E-state index in [0.29, 0.717) is 18.5 Å². The molecule has 3 heterocycles. The van der Waals surface area contributed by atoms with E-state index in [9.17, 15) is 0 Å². The molecule has 0 amide bonds. The molecule has 1 aromatic rings. The number of morpholine rings is 1. The number of nitrogens with zero attached hydrogens (tertiary/aromatic N) is 5. The minimum atomic E-state index is 0.648. The second-order valence-corrected chi connectivity index (χ2v) is 4.03. The number of rotatable bonds is 2. The van der Waals surface area contributed by atoms with Crippen LogP contribution in [0.3, 0.4) is 0 Å². The molecule has 0 saturated carbocycles. The normalized spacial score (nSPS) is 19.8. The second kappa shape index (κ2) is 5.18. The topological polar surface area (TPSA) is 63.6 Å². The van der Waals surface area contributed by atoms with Gasteiger partial charge in [-0.1, -0.05) is 0 Å². The van der Waals surface area contributed by atoms with Gasteiger partial charge in [-0.05, 0) is 0 Å². The van der Waals surface area contributed by atoms with Crippen LogP contribution in [-0.4, -0.2) is 54.4 Å². The van der Waals surface area contributed by atoms with Gasteiger partial charge in [-0.15, -0.1) is 0 Å². The molecule has 7 nitrogen and oxygen atoms in total. The van der Waals surface area contributed by atoms with Crippen LogP contribution in [0.2, 0.25) is 0 Å². The van der Waals surface area contributed by atoms with Crippen LogP contribution in [-0.2, 0) is 9.47 Å². The predicted octanol–water partition coefficient (Wildman–Crippen LogP) is 0.0160. The lowest BCUT2D eigenvalue weighted by Crippen LogP contribution is -2.37. The van der Waals surface area contributed by atoms with E-state index in [1.54, 1.807) is 12.6 Å². The molecule has 1 aromatic heterocycles. The Morgan fingerprint density at radius 3 is 2.61 bits per heavy atom. The van der Waals surface area contributed by atoms with Crippen LogP contribution < -0.4 is 9.80 Å². The second-order valence-electron chi connectivity index (χ2n) is 4.03. The Bertz CT molecular complexity index is 433.